The van der Waals surface area contributed by atoms with Gasteiger partial charge in [-0.3, -0.25) is 4.79 Å². The summed E-state index contributed by atoms with van der Waals surface area (Å²) in [6, 6.07) is 1.75. The van der Waals surface area contributed by atoms with E-state index in [-0.39, 0.29) is 11.9 Å². The van der Waals surface area contributed by atoms with Crippen molar-refractivity contribution >= 4 is 13.6 Å². The summed E-state index contributed by atoms with van der Waals surface area (Å²) < 4.78 is 25.1. The number of phenolic OH excluding ortho intramolecular Hbond substituents is 1. The Morgan fingerprint density at radius 2 is 1.71 bits per heavy atom. The first-order valence-corrected chi connectivity index (χ1v) is 5.48. The summed E-state index contributed by atoms with van der Waals surface area (Å²) in [6.45, 7) is 8.00. The molecule has 0 aliphatic heterocycles. The number of carbonyl (C=O) groups excluding carboxylic acids is 1. The standard InChI is InChI=1S/C8H5BF2O2.2C2H6/c9-3-6(12)4-1-2-5(10)7(11)8(4)13;2*1-2/h1-2,13H,3H2;2*1-2H3. The summed E-state index contributed by atoms with van der Waals surface area (Å²) >= 11 is 0. The average molecular weight is 242 g/mol. The lowest BCUT2D eigenvalue weighted by Gasteiger charge is -2.02. The molecule has 0 saturated carbocycles. The Kier molecular flexibility index (Phi) is 10.4. The zero-order valence-electron chi connectivity index (χ0n) is 10.6. The number of rotatable bonds is 2. The normalized spacial score (nSPS) is 8.35. The van der Waals surface area contributed by atoms with Crippen LogP contribution in [0, 0.1) is 11.6 Å². The van der Waals surface area contributed by atoms with E-state index in [0.29, 0.717) is 0 Å². The summed E-state index contributed by atoms with van der Waals surface area (Å²) in [5.74, 6) is -4.27. The van der Waals surface area contributed by atoms with Crippen molar-refractivity contribution in [3.8, 4) is 5.75 Å². The summed E-state index contributed by atoms with van der Waals surface area (Å²) in [5, 5.41) is 8.99. The van der Waals surface area contributed by atoms with Gasteiger partial charge in [0, 0.05) is 0 Å². The second-order valence-electron chi connectivity index (χ2n) is 2.38. The molecule has 0 fully saturated rings. The minimum absolute atomic E-state index is 0.304. The van der Waals surface area contributed by atoms with Crippen LogP contribution in [0.1, 0.15) is 38.1 Å². The molecule has 1 aromatic rings. The molecule has 2 nitrogen and oxygen atoms in total. The molecule has 0 saturated heterocycles. The van der Waals surface area contributed by atoms with Gasteiger partial charge < -0.3 is 5.11 Å². The van der Waals surface area contributed by atoms with E-state index in [1.807, 2.05) is 27.7 Å². The molecule has 0 aliphatic rings. The van der Waals surface area contributed by atoms with Crippen LogP contribution < -0.4 is 0 Å². The van der Waals surface area contributed by atoms with Crippen molar-refractivity contribution < 1.29 is 18.7 Å². The molecule has 0 spiro atoms. The van der Waals surface area contributed by atoms with E-state index in [2.05, 4.69) is 0 Å². The lowest BCUT2D eigenvalue weighted by molar-refractivity contribution is 0.101. The van der Waals surface area contributed by atoms with E-state index in [0.717, 1.165) is 12.1 Å². The van der Waals surface area contributed by atoms with Crippen molar-refractivity contribution in [1.82, 2.24) is 0 Å². The molecule has 2 radical (unpaired) electrons. The predicted octanol–water partition coefficient (Wildman–Crippen LogP) is 3.49. The highest BCUT2D eigenvalue weighted by molar-refractivity contribution is 6.24. The number of hydrogen-bond donors (Lipinski definition) is 1. The van der Waals surface area contributed by atoms with Gasteiger partial charge in [0.1, 0.15) is 0 Å². The monoisotopic (exact) mass is 242 g/mol. The molecule has 94 valence electrons. The molecular weight excluding hydrogens is 225 g/mol. The van der Waals surface area contributed by atoms with Crippen molar-refractivity contribution in [2.75, 3.05) is 0 Å². The van der Waals surface area contributed by atoms with Crippen LogP contribution in [0.5, 0.6) is 5.75 Å². The van der Waals surface area contributed by atoms with Gasteiger partial charge in [0.15, 0.2) is 17.3 Å². The number of hydrogen-bond acceptors (Lipinski definition) is 2. The topological polar surface area (TPSA) is 37.3 Å². The number of Topliss-reactive ketones (excluding diaryl/α,β-unsaturated/α-hetero) is 1. The van der Waals surface area contributed by atoms with E-state index >= 15 is 0 Å². The Morgan fingerprint density at radius 3 is 2.12 bits per heavy atom. The second-order valence-corrected chi connectivity index (χ2v) is 2.38. The number of carbonyl (C=O) groups is 1. The minimum Gasteiger partial charge on any atom is -0.504 e. The highest BCUT2D eigenvalue weighted by atomic mass is 19.2. The Hall–Kier alpha value is -1.39. The largest absolute Gasteiger partial charge is 0.504 e. The molecule has 0 aliphatic carbocycles. The van der Waals surface area contributed by atoms with Gasteiger partial charge in [0.25, 0.3) is 0 Å². The third kappa shape index (κ3) is 4.98. The smallest absolute Gasteiger partial charge is 0.201 e. The van der Waals surface area contributed by atoms with Crippen molar-refractivity contribution in [3.05, 3.63) is 29.3 Å². The first kappa shape index (κ1) is 18.0. The first-order valence-electron chi connectivity index (χ1n) is 5.48. The van der Waals surface area contributed by atoms with Gasteiger partial charge in [-0.2, -0.15) is 4.39 Å². The molecule has 17 heavy (non-hydrogen) atoms. The summed E-state index contributed by atoms with van der Waals surface area (Å²) in [5.41, 5.74) is -0.304. The fourth-order valence-electron chi connectivity index (χ4n) is 0.875. The van der Waals surface area contributed by atoms with E-state index in [1.165, 1.54) is 0 Å². The van der Waals surface area contributed by atoms with E-state index in [1.54, 1.807) is 0 Å². The highest BCUT2D eigenvalue weighted by Crippen LogP contribution is 2.24. The molecule has 0 bridgehead atoms. The van der Waals surface area contributed by atoms with Crippen LogP contribution >= 0.6 is 0 Å². The molecule has 1 rings (SSSR count). The van der Waals surface area contributed by atoms with Gasteiger partial charge in [0.2, 0.25) is 5.82 Å². The lowest BCUT2D eigenvalue weighted by atomic mass is 9.95. The van der Waals surface area contributed by atoms with Crippen LogP contribution in [0.4, 0.5) is 8.78 Å². The van der Waals surface area contributed by atoms with Gasteiger partial charge in [-0.15, -0.1) is 0 Å². The van der Waals surface area contributed by atoms with Crippen LogP contribution in [-0.4, -0.2) is 18.7 Å². The van der Waals surface area contributed by atoms with Crippen LogP contribution in [0.2, 0.25) is 6.32 Å². The Morgan fingerprint density at radius 1 is 1.24 bits per heavy atom. The average Bonchev–Trinajstić information content (AvgIpc) is 2.40. The van der Waals surface area contributed by atoms with Crippen LogP contribution in [-0.2, 0) is 0 Å². The summed E-state index contributed by atoms with van der Waals surface area (Å²) in [6.07, 6.45) is -0.362. The van der Waals surface area contributed by atoms with Gasteiger partial charge in [-0.1, -0.05) is 27.7 Å². The maximum atomic E-state index is 12.7. The number of phenols is 1. The Labute approximate surface area is 102 Å². The maximum absolute atomic E-state index is 12.7. The number of ketones is 1. The fraction of sp³-hybridized carbons (Fsp3) is 0.417. The quantitative estimate of drug-likeness (QED) is 0.636. The predicted molar refractivity (Wildman–Crippen MR) is 65.6 cm³/mol. The van der Waals surface area contributed by atoms with Crippen molar-refractivity contribution in [1.29, 1.82) is 0 Å². The maximum Gasteiger partial charge on any atom is 0.201 e. The molecule has 1 N–H and O–H groups in total. The molecule has 5 heteroatoms. The third-order valence-electron chi connectivity index (χ3n) is 1.55. The van der Waals surface area contributed by atoms with Gasteiger partial charge in [-0.25, -0.2) is 4.39 Å². The molecule has 0 atom stereocenters. The molecule has 0 amide bonds. The number of halogens is 2. The van der Waals surface area contributed by atoms with Gasteiger partial charge >= 0.3 is 0 Å². The van der Waals surface area contributed by atoms with E-state index in [4.69, 9.17) is 13.0 Å². The highest BCUT2D eigenvalue weighted by Gasteiger charge is 2.15. The number of benzene rings is 1. The van der Waals surface area contributed by atoms with Crippen molar-refractivity contribution in [2.45, 2.75) is 34.0 Å². The lowest BCUT2D eigenvalue weighted by Crippen LogP contribution is -2.00. The van der Waals surface area contributed by atoms with Crippen LogP contribution in [0.15, 0.2) is 12.1 Å². The molecule has 0 aromatic heterocycles. The van der Waals surface area contributed by atoms with Gasteiger partial charge in [0.05, 0.1) is 13.4 Å². The van der Waals surface area contributed by atoms with Gasteiger partial charge in [-0.05, 0) is 18.5 Å². The Bertz CT molecular complexity index is 355. The third-order valence-corrected chi connectivity index (χ3v) is 1.55. The van der Waals surface area contributed by atoms with Crippen LogP contribution in [0.25, 0.3) is 0 Å². The zero-order chi connectivity index (χ0) is 14.0. The molecular formula is C12H17BF2O2. The first-order chi connectivity index (χ1) is 8.07. The zero-order valence-corrected chi connectivity index (χ0v) is 10.6. The molecule has 1 aromatic carbocycles. The molecule has 0 unspecified atom stereocenters. The van der Waals surface area contributed by atoms with E-state index < -0.39 is 23.2 Å². The second kappa shape index (κ2) is 9.81. The number of aromatic hydroxyl groups is 1. The van der Waals surface area contributed by atoms with Crippen LogP contribution in [0.3, 0.4) is 0 Å². The summed E-state index contributed by atoms with van der Waals surface area (Å²) in [7, 11) is 4.98. The van der Waals surface area contributed by atoms with Crippen molar-refractivity contribution in [3.63, 3.8) is 0 Å². The minimum atomic E-state index is -1.43. The fourth-order valence-corrected chi connectivity index (χ4v) is 0.875. The molecule has 0 heterocycles. The summed E-state index contributed by atoms with van der Waals surface area (Å²) in [4.78, 5) is 10.9. The SMILES string of the molecule is CC.CC.[B]CC(=O)c1ccc(F)c(F)c1O. The van der Waals surface area contributed by atoms with E-state index in [9.17, 15) is 13.6 Å². The Balaban J connectivity index is 0. The van der Waals surface area contributed by atoms with Crippen molar-refractivity contribution in [2.24, 2.45) is 0 Å².